The molecule has 3 nitrogen and oxygen atoms in total. The van der Waals surface area contributed by atoms with Gasteiger partial charge in [0.05, 0.1) is 6.10 Å². The van der Waals surface area contributed by atoms with Crippen LogP contribution in [0.1, 0.15) is 26.2 Å². The molecule has 1 rings (SSSR count). The average molecular weight is 202 g/mol. The van der Waals surface area contributed by atoms with Crippen molar-refractivity contribution in [1.82, 2.24) is 10.6 Å². The number of methoxy groups -OCH3 is 1. The average Bonchev–Trinajstić information content (AvgIpc) is 2.52. The van der Waals surface area contributed by atoms with Crippen LogP contribution in [0.2, 0.25) is 0 Å². The standard InChI is InChI=1S/C9H18N2OS/c1-3-10-9(13)11-7-4-5-8(6-7)12-2/h7-8H,3-6H2,1-2H3,(H2,10,11,13). The second kappa shape index (κ2) is 5.40. The molecule has 0 aromatic heterocycles. The zero-order valence-corrected chi connectivity index (χ0v) is 9.12. The van der Waals surface area contributed by atoms with Gasteiger partial charge in [0.15, 0.2) is 5.11 Å². The number of ether oxygens (including phenoxy) is 1. The Balaban J connectivity index is 2.19. The molecule has 4 heteroatoms. The maximum atomic E-state index is 5.28. The molecular formula is C9H18N2OS. The number of nitrogens with one attached hydrogen (secondary N) is 2. The first kappa shape index (κ1) is 10.7. The zero-order chi connectivity index (χ0) is 9.68. The lowest BCUT2D eigenvalue weighted by atomic mass is 10.2. The molecule has 0 amide bonds. The van der Waals surface area contributed by atoms with Crippen molar-refractivity contribution >= 4 is 17.3 Å². The van der Waals surface area contributed by atoms with Gasteiger partial charge in [0.1, 0.15) is 0 Å². The van der Waals surface area contributed by atoms with Crippen molar-refractivity contribution < 1.29 is 4.74 Å². The summed E-state index contributed by atoms with van der Waals surface area (Å²) in [5.74, 6) is 0. The van der Waals surface area contributed by atoms with Gasteiger partial charge >= 0.3 is 0 Å². The lowest BCUT2D eigenvalue weighted by Crippen LogP contribution is -2.40. The van der Waals surface area contributed by atoms with E-state index in [1.165, 1.54) is 0 Å². The Bertz CT molecular complexity index is 175. The van der Waals surface area contributed by atoms with Crippen LogP contribution in [0.15, 0.2) is 0 Å². The summed E-state index contributed by atoms with van der Waals surface area (Å²) in [6, 6.07) is 0.497. The summed E-state index contributed by atoms with van der Waals surface area (Å²) in [6.07, 6.45) is 3.79. The van der Waals surface area contributed by atoms with Crippen LogP contribution in [0.4, 0.5) is 0 Å². The molecule has 1 saturated carbocycles. The molecule has 13 heavy (non-hydrogen) atoms. The molecule has 76 valence electrons. The second-order valence-corrected chi connectivity index (χ2v) is 3.78. The van der Waals surface area contributed by atoms with Gasteiger partial charge in [0.2, 0.25) is 0 Å². The third kappa shape index (κ3) is 3.48. The molecule has 0 aliphatic heterocycles. The monoisotopic (exact) mass is 202 g/mol. The fraction of sp³-hybridized carbons (Fsp3) is 0.889. The summed E-state index contributed by atoms with van der Waals surface area (Å²) in [5.41, 5.74) is 0. The van der Waals surface area contributed by atoms with Crippen molar-refractivity contribution in [2.45, 2.75) is 38.3 Å². The van der Waals surface area contributed by atoms with Crippen molar-refractivity contribution in [3.63, 3.8) is 0 Å². The lowest BCUT2D eigenvalue weighted by molar-refractivity contribution is 0.107. The van der Waals surface area contributed by atoms with Crippen LogP contribution in [0.5, 0.6) is 0 Å². The van der Waals surface area contributed by atoms with E-state index in [-0.39, 0.29) is 0 Å². The van der Waals surface area contributed by atoms with Crippen LogP contribution < -0.4 is 10.6 Å². The molecule has 1 fully saturated rings. The third-order valence-corrected chi connectivity index (χ3v) is 2.65. The molecule has 0 aromatic rings. The summed E-state index contributed by atoms with van der Waals surface area (Å²) in [5, 5.41) is 7.14. The molecule has 0 bridgehead atoms. The van der Waals surface area contributed by atoms with Crippen LogP contribution in [0, 0.1) is 0 Å². The Morgan fingerprint density at radius 1 is 1.54 bits per heavy atom. The van der Waals surface area contributed by atoms with E-state index < -0.39 is 0 Å². The zero-order valence-electron chi connectivity index (χ0n) is 8.30. The fourth-order valence-corrected chi connectivity index (χ4v) is 1.99. The van der Waals surface area contributed by atoms with Crippen molar-refractivity contribution in [3.8, 4) is 0 Å². The van der Waals surface area contributed by atoms with Crippen LogP contribution in [-0.4, -0.2) is 30.9 Å². The van der Waals surface area contributed by atoms with Crippen molar-refractivity contribution in [3.05, 3.63) is 0 Å². The summed E-state index contributed by atoms with van der Waals surface area (Å²) in [6.45, 7) is 2.92. The van der Waals surface area contributed by atoms with Gasteiger partial charge in [-0.3, -0.25) is 0 Å². The molecule has 0 radical (unpaired) electrons. The molecule has 0 saturated heterocycles. The highest BCUT2D eigenvalue weighted by atomic mass is 32.1. The first-order valence-corrected chi connectivity index (χ1v) is 5.24. The molecule has 2 N–H and O–H groups in total. The van der Waals surface area contributed by atoms with E-state index in [4.69, 9.17) is 17.0 Å². The number of hydrogen-bond donors (Lipinski definition) is 2. The van der Waals surface area contributed by atoms with Gasteiger partial charge in [-0.2, -0.15) is 0 Å². The van der Waals surface area contributed by atoms with Gasteiger partial charge in [-0.15, -0.1) is 0 Å². The summed E-state index contributed by atoms with van der Waals surface area (Å²) in [7, 11) is 1.77. The van der Waals surface area contributed by atoms with Crippen molar-refractivity contribution in [2.75, 3.05) is 13.7 Å². The molecule has 1 aliphatic rings. The normalized spacial score (nSPS) is 27.2. The predicted molar refractivity (Wildman–Crippen MR) is 57.8 cm³/mol. The number of hydrogen-bond acceptors (Lipinski definition) is 2. The highest BCUT2D eigenvalue weighted by Crippen LogP contribution is 2.21. The first-order chi connectivity index (χ1) is 6.26. The van der Waals surface area contributed by atoms with Gasteiger partial charge < -0.3 is 15.4 Å². The smallest absolute Gasteiger partial charge is 0.166 e. The second-order valence-electron chi connectivity index (χ2n) is 3.37. The maximum absolute atomic E-state index is 5.28. The summed E-state index contributed by atoms with van der Waals surface area (Å²) < 4.78 is 5.28. The van der Waals surface area contributed by atoms with Gasteiger partial charge in [-0.1, -0.05) is 0 Å². The quantitative estimate of drug-likeness (QED) is 0.670. The van der Waals surface area contributed by atoms with E-state index in [1.807, 2.05) is 6.92 Å². The van der Waals surface area contributed by atoms with Crippen LogP contribution in [0.3, 0.4) is 0 Å². The Kier molecular flexibility index (Phi) is 4.45. The van der Waals surface area contributed by atoms with E-state index in [1.54, 1.807) is 7.11 Å². The number of rotatable bonds is 3. The van der Waals surface area contributed by atoms with Crippen LogP contribution in [-0.2, 0) is 4.74 Å². The van der Waals surface area contributed by atoms with E-state index in [0.29, 0.717) is 12.1 Å². The summed E-state index contributed by atoms with van der Waals surface area (Å²) in [4.78, 5) is 0. The van der Waals surface area contributed by atoms with E-state index >= 15 is 0 Å². The van der Waals surface area contributed by atoms with E-state index in [9.17, 15) is 0 Å². The van der Waals surface area contributed by atoms with E-state index in [2.05, 4.69) is 10.6 Å². The number of thiocarbonyl (C=S) groups is 1. The Morgan fingerprint density at radius 3 is 2.85 bits per heavy atom. The Hall–Kier alpha value is -0.350. The topological polar surface area (TPSA) is 33.3 Å². The van der Waals surface area contributed by atoms with E-state index in [0.717, 1.165) is 30.9 Å². The van der Waals surface area contributed by atoms with Crippen molar-refractivity contribution in [1.29, 1.82) is 0 Å². The van der Waals surface area contributed by atoms with Crippen molar-refractivity contribution in [2.24, 2.45) is 0 Å². The third-order valence-electron chi connectivity index (χ3n) is 2.39. The highest BCUT2D eigenvalue weighted by Gasteiger charge is 2.24. The minimum absolute atomic E-state index is 0.418. The minimum Gasteiger partial charge on any atom is -0.381 e. The summed E-state index contributed by atoms with van der Waals surface area (Å²) >= 11 is 5.10. The lowest BCUT2D eigenvalue weighted by Gasteiger charge is -2.15. The SMILES string of the molecule is CCNC(=S)NC1CCC(OC)C1. The molecule has 0 spiro atoms. The molecule has 0 heterocycles. The Labute approximate surface area is 85.2 Å². The predicted octanol–water partition coefficient (Wildman–Crippen LogP) is 1.04. The molecular weight excluding hydrogens is 184 g/mol. The largest absolute Gasteiger partial charge is 0.381 e. The highest BCUT2D eigenvalue weighted by molar-refractivity contribution is 7.80. The van der Waals surface area contributed by atoms with Crippen LogP contribution >= 0.6 is 12.2 Å². The molecule has 2 atom stereocenters. The molecule has 2 unspecified atom stereocenters. The van der Waals surface area contributed by atoms with Gasteiger partial charge in [0, 0.05) is 19.7 Å². The first-order valence-electron chi connectivity index (χ1n) is 4.83. The van der Waals surface area contributed by atoms with Crippen LogP contribution in [0.25, 0.3) is 0 Å². The minimum atomic E-state index is 0.418. The molecule has 1 aliphatic carbocycles. The Morgan fingerprint density at radius 2 is 2.31 bits per heavy atom. The van der Waals surface area contributed by atoms with Gasteiger partial charge in [-0.05, 0) is 38.4 Å². The van der Waals surface area contributed by atoms with Gasteiger partial charge in [0.25, 0.3) is 0 Å². The molecule has 0 aromatic carbocycles. The van der Waals surface area contributed by atoms with Gasteiger partial charge in [-0.25, -0.2) is 0 Å². The maximum Gasteiger partial charge on any atom is 0.166 e. The fourth-order valence-electron chi connectivity index (χ4n) is 1.68.